The maximum absolute atomic E-state index is 10.9. The van der Waals surface area contributed by atoms with Crippen molar-refractivity contribution in [1.29, 1.82) is 0 Å². The smallest absolute Gasteiger partial charge is 0.269 e. The summed E-state index contributed by atoms with van der Waals surface area (Å²) in [7, 11) is 0. The molecular formula is C8H16N4O4. The van der Waals surface area contributed by atoms with E-state index in [2.05, 4.69) is 10.4 Å². The third kappa shape index (κ3) is 1.63. The maximum Gasteiger partial charge on any atom is 0.269 e. The summed E-state index contributed by atoms with van der Waals surface area (Å²) < 4.78 is 10.6. The SMILES string of the molecule is CC(C)C1O[C@@](CN)(N=O)[C@](CN)(N=O)O1. The Balaban J connectivity index is 3.13. The van der Waals surface area contributed by atoms with E-state index in [0.717, 1.165) is 0 Å². The van der Waals surface area contributed by atoms with Crippen LogP contribution in [0.1, 0.15) is 13.8 Å². The molecule has 1 saturated heterocycles. The lowest BCUT2D eigenvalue weighted by Gasteiger charge is -2.28. The molecule has 0 spiro atoms. The third-order valence-electron chi connectivity index (χ3n) is 2.63. The van der Waals surface area contributed by atoms with E-state index in [-0.39, 0.29) is 19.0 Å². The molecule has 0 aliphatic carbocycles. The molecule has 0 bridgehead atoms. The summed E-state index contributed by atoms with van der Waals surface area (Å²) in [5.41, 5.74) is 7.16. The highest BCUT2D eigenvalue weighted by Gasteiger charge is 2.64. The fraction of sp³-hybridized carbons (Fsp3) is 1.00. The number of ether oxygens (including phenoxy) is 2. The molecule has 1 aliphatic heterocycles. The van der Waals surface area contributed by atoms with Crippen molar-refractivity contribution in [3.63, 3.8) is 0 Å². The normalized spacial score (nSPS) is 35.6. The highest BCUT2D eigenvalue weighted by atomic mass is 16.8. The van der Waals surface area contributed by atoms with Gasteiger partial charge < -0.3 is 20.9 Å². The van der Waals surface area contributed by atoms with E-state index in [0.29, 0.717) is 0 Å². The second-order valence-electron chi connectivity index (χ2n) is 4.01. The molecule has 2 atom stereocenters. The van der Waals surface area contributed by atoms with E-state index >= 15 is 0 Å². The van der Waals surface area contributed by atoms with Crippen molar-refractivity contribution < 1.29 is 9.47 Å². The zero-order valence-electron chi connectivity index (χ0n) is 9.25. The fourth-order valence-electron chi connectivity index (χ4n) is 1.54. The maximum atomic E-state index is 10.9. The Hall–Kier alpha value is -0.960. The minimum absolute atomic E-state index is 0.0807. The molecule has 0 aromatic heterocycles. The molecule has 16 heavy (non-hydrogen) atoms. The van der Waals surface area contributed by atoms with E-state index in [1.165, 1.54) is 0 Å². The van der Waals surface area contributed by atoms with Gasteiger partial charge >= 0.3 is 0 Å². The summed E-state index contributed by atoms with van der Waals surface area (Å²) in [6.45, 7) is 2.97. The van der Waals surface area contributed by atoms with Crippen LogP contribution in [0, 0.1) is 15.7 Å². The molecule has 92 valence electrons. The van der Waals surface area contributed by atoms with E-state index < -0.39 is 17.7 Å². The number of nitroso groups, excluding NO2 is 2. The van der Waals surface area contributed by atoms with Gasteiger partial charge in [-0.15, -0.1) is 9.81 Å². The van der Waals surface area contributed by atoms with Crippen molar-refractivity contribution in [2.45, 2.75) is 31.6 Å². The molecule has 1 heterocycles. The monoisotopic (exact) mass is 232 g/mol. The first-order valence-corrected chi connectivity index (χ1v) is 4.95. The molecule has 8 nitrogen and oxygen atoms in total. The molecule has 0 aromatic rings. The summed E-state index contributed by atoms with van der Waals surface area (Å²) in [4.78, 5) is 21.7. The summed E-state index contributed by atoms with van der Waals surface area (Å²) in [6, 6.07) is 0. The summed E-state index contributed by atoms with van der Waals surface area (Å²) in [5, 5.41) is 5.54. The Bertz CT molecular complexity index is 263. The Kier molecular flexibility index (Phi) is 3.68. The van der Waals surface area contributed by atoms with Crippen LogP contribution in [-0.4, -0.2) is 30.8 Å². The van der Waals surface area contributed by atoms with Gasteiger partial charge in [-0.1, -0.05) is 13.8 Å². The van der Waals surface area contributed by atoms with Crippen molar-refractivity contribution in [2.24, 2.45) is 27.7 Å². The first-order valence-electron chi connectivity index (χ1n) is 4.95. The molecule has 8 heteroatoms. The van der Waals surface area contributed by atoms with E-state index in [4.69, 9.17) is 20.9 Å². The van der Waals surface area contributed by atoms with Crippen LogP contribution >= 0.6 is 0 Å². The summed E-state index contributed by atoms with van der Waals surface area (Å²) in [6.07, 6.45) is -0.775. The first-order chi connectivity index (χ1) is 7.50. The van der Waals surface area contributed by atoms with Gasteiger partial charge in [-0.3, -0.25) is 0 Å². The third-order valence-corrected chi connectivity index (χ3v) is 2.63. The van der Waals surface area contributed by atoms with Crippen LogP contribution in [0.15, 0.2) is 10.4 Å². The molecule has 0 amide bonds. The fourth-order valence-corrected chi connectivity index (χ4v) is 1.54. The minimum atomic E-state index is -1.83. The zero-order valence-corrected chi connectivity index (χ0v) is 9.25. The largest absolute Gasteiger partial charge is 0.326 e. The van der Waals surface area contributed by atoms with E-state index in [1.54, 1.807) is 13.8 Å². The minimum Gasteiger partial charge on any atom is -0.326 e. The lowest BCUT2D eigenvalue weighted by atomic mass is 10.0. The van der Waals surface area contributed by atoms with Gasteiger partial charge in [0.05, 0.1) is 13.1 Å². The van der Waals surface area contributed by atoms with Gasteiger partial charge in [-0.2, -0.15) is 0 Å². The zero-order chi connectivity index (χ0) is 12.4. The predicted molar refractivity (Wildman–Crippen MR) is 56.0 cm³/mol. The molecule has 4 N–H and O–H groups in total. The summed E-state index contributed by atoms with van der Waals surface area (Å²) >= 11 is 0. The van der Waals surface area contributed by atoms with Crippen LogP contribution in [0.4, 0.5) is 0 Å². The van der Waals surface area contributed by atoms with Gasteiger partial charge in [0, 0.05) is 5.92 Å². The highest BCUT2D eigenvalue weighted by molar-refractivity contribution is 5.05. The lowest BCUT2D eigenvalue weighted by Crippen LogP contribution is -2.57. The predicted octanol–water partition coefficient (Wildman–Crippen LogP) is -0.142. The van der Waals surface area contributed by atoms with Gasteiger partial charge in [0.1, 0.15) is 0 Å². The topological polar surface area (TPSA) is 129 Å². The van der Waals surface area contributed by atoms with E-state index in [9.17, 15) is 9.81 Å². The number of nitrogens with two attached hydrogens (primary N) is 2. The Morgan fingerprint density at radius 1 is 1.12 bits per heavy atom. The van der Waals surface area contributed by atoms with Crippen LogP contribution < -0.4 is 11.5 Å². The average molecular weight is 232 g/mol. The van der Waals surface area contributed by atoms with Crippen molar-refractivity contribution in [3.05, 3.63) is 9.81 Å². The molecule has 0 radical (unpaired) electrons. The van der Waals surface area contributed by atoms with Gasteiger partial charge in [0.2, 0.25) is 0 Å². The van der Waals surface area contributed by atoms with Crippen molar-refractivity contribution in [3.8, 4) is 0 Å². The number of rotatable bonds is 5. The average Bonchev–Trinajstić information content (AvgIpc) is 2.64. The molecule has 1 aliphatic rings. The van der Waals surface area contributed by atoms with Gasteiger partial charge in [-0.25, -0.2) is 0 Å². The number of hydrogen-bond donors (Lipinski definition) is 2. The van der Waals surface area contributed by atoms with Crippen LogP contribution in [0.2, 0.25) is 0 Å². The van der Waals surface area contributed by atoms with Crippen LogP contribution in [0.5, 0.6) is 0 Å². The summed E-state index contributed by atoms with van der Waals surface area (Å²) in [5.74, 6) is -0.0807. The van der Waals surface area contributed by atoms with Gasteiger partial charge in [0.25, 0.3) is 11.4 Å². The molecular weight excluding hydrogens is 216 g/mol. The molecule has 1 fully saturated rings. The Labute approximate surface area is 92.6 Å². The second kappa shape index (κ2) is 4.50. The molecule has 1 rings (SSSR count). The molecule has 0 saturated carbocycles. The Morgan fingerprint density at radius 2 is 1.50 bits per heavy atom. The van der Waals surface area contributed by atoms with Gasteiger partial charge in [-0.05, 0) is 10.4 Å². The van der Waals surface area contributed by atoms with Gasteiger partial charge in [0.15, 0.2) is 6.29 Å². The molecule has 0 unspecified atom stereocenters. The Morgan fingerprint density at radius 3 is 1.69 bits per heavy atom. The van der Waals surface area contributed by atoms with Crippen molar-refractivity contribution in [1.82, 2.24) is 0 Å². The number of hydrogen-bond acceptors (Lipinski definition) is 8. The van der Waals surface area contributed by atoms with Crippen molar-refractivity contribution >= 4 is 0 Å². The van der Waals surface area contributed by atoms with Crippen LogP contribution in [-0.2, 0) is 9.47 Å². The first kappa shape index (κ1) is 13.1. The standard InChI is InChI=1S/C8H16N4O4/c1-5(2)6-15-7(3-9,11-13)8(4-10,12-14)16-6/h5-6H,3-4,9-10H2,1-2H3/t7-,8-/m1/s1. The van der Waals surface area contributed by atoms with Crippen molar-refractivity contribution in [2.75, 3.05) is 13.1 Å². The highest BCUT2D eigenvalue weighted by Crippen LogP contribution is 2.42. The molecule has 0 aromatic carbocycles. The quantitative estimate of drug-likeness (QED) is 0.634. The second-order valence-corrected chi connectivity index (χ2v) is 4.01. The van der Waals surface area contributed by atoms with Crippen LogP contribution in [0.25, 0.3) is 0 Å². The lowest BCUT2D eigenvalue weighted by molar-refractivity contribution is -0.118. The number of nitrogens with zero attached hydrogens (tertiary/aromatic N) is 2. The van der Waals surface area contributed by atoms with E-state index in [1.807, 2.05) is 0 Å². The van der Waals surface area contributed by atoms with Crippen LogP contribution in [0.3, 0.4) is 0 Å².